The van der Waals surface area contributed by atoms with Gasteiger partial charge in [0.25, 0.3) is 5.91 Å². The van der Waals surface area contributed by atoms with Crippen LogP contribution in [0.4, 0.5) is 4.39 Å². The molecule has 0 spiro atoms. The summed E-state index contributed by atoms with van der Waals surface area (Å²) in [6, 6.07) is 5.12. The standard InChI is InChI=1S/C13H16FN3O2/c14-11-3-1-9(2-4-11)12(18)16-17-13(19)10-5-7-15-8-6-10/h1-4,10,15H,5-8H2,(H,16,18)(H,17,19). The summed E-state index contributed by atoms with van der Waals surface area (Å²) in [5.74, 6) is -1.12. The first-order chi connectivity index (χ1) is 9.16. The number of amides is 2. The molecular weight excluding hydrogens is 249 g/mol. The zero-order valence-electron chi connectivity index (χ0n) is 10.4. The number of benzene rings is 1. The van der Waals surface area contributed by atoms with Crippen molar-refractivity contribution in [1.82, 2.24) is 16.2 Å². The van der Waals surface area contributed by atoms with Crippen LogP contribution in [-0.2, 0) is 4.79 Å². The summed E-state index contributed by atoms with van der Waals surface area (Å²) in [7, 11) is 0. The minimum atomic E-state index is -0.456. The molecule has 1 aliphatic rings. The van der Waals surface area contributed by atoms with Gasteiger partial charge < -0.3 is 5.32 Å². The lowest BCUT2D eigenvalue weighted by Crippen LogP contribution is -2.46. The van der Waals surface area contributed by atoms with Crippen LogP contribution in [0.15, 0.2) is 24.3 Å². The summed E-state index contributed by atoms with van der Waals surface area (Å²) in [4.78, 5) is 23.5. The van der Waals surface area contributed by atoms with E-state index in [1.54, 1.807) is 0 Å². The fourth-order valence-electron chi connectivity index (χ4n) is 1.98. The molecule has 1 saturated heterocycles. The molecule has 0 atom stereocenters. The molecule has 1 heterocycles. The monoisotopic (exact) mass is 265 g/mol. The molecule has 19 heavy (non-hydrogen) atoms. The highest BCUT2D eigenvalue weighted by Gasteiger charge is 2.21. The zero-order chi connectivity index (χ0) is 13.7. The Kier molecular flexibility index (Phi) is 4.46. The molecule has 1 aromatic rings. The number of nitrogens with one attached hydrogen (secondary N) is 3. The van der Waals surface area contributed by atoms with Crippen molar-refractivity contribution in [3.05, 3.63) is 35.6 Å². The third-order valence-electron chi connectivity index (χ3n) is 3.12. The van der Waals surface area contributed by atoms with E-state index in [0.717, 1.165) is 25.9 Å². The van der Waals surface area contributed by atoms with Crippen LogP contribution in [0.1, 0.15) is 23.2 Å². The van der Waals surface area contributed by atoms with Crippen LogP contribution in [0.3, 0.4) is 0 Å². The van der Waals surface area contributed by atoms with Gasteiger partial charge in [-0.2, -0.15) is 0 Å². The Labute approximate surface area is 110 Å². The molecule has 1 fully saturated rings. The van der Waals surface area contributed by atoms with Crippen molar-refractivity contribution in [2.45, 2.75) is 12.8 Å². The number of hydrogen-bond acceptors (Lipinski definition) is 3. The van der Waals surface area contributed by atoms with Gasteiger partial charge in [-0.1, -0.05) is 0 Å². The maximum Gasteiger partial charge on any atom is 0.269 e. The fourth-order valence-corrected chi connectivity index (χ4v) is 1.98. The highest BCUT2D eigenvalue weighted by atomic mass is 19.1. The molecular formula is C13H16FN3O2. The van der Waals surface area contributed by atoms with Crippen LogP contribution in [0.25, 0.3) is 0 Å². The van der Waals surface area contributed by atoms with Crippen molar-refractivity contribution in [2.24, 2.45) is 5.92 Å². The van der Waals surface area contributed by atoms with Crippen LogP contribution in [0.5, 0.6) is 0 Å². The lowest BCUT2D eigenvalue weighted by molar-refractivity contribution is -0.126. The van der Waals surface area contributed by atoms with Gasteiger partial charge in [0, 0.05) is 11.5 Å². The quantitative estimate of drug-likeness (QED) is 0.685. The molecule has 6 heteroatoms. The molecule has 2 rings (SSSR count). The van der Waals surface area contributed by atoms with Gasteiger partial charge in [0.05, 0.1) is 0 Å². The highest BCUT2D eigenvalue weighted by Crippen LogP contribution is 2.10. The molecule has 0 radical (unpaired) electrons. The van der Waals surface area contributed by atoms with Gasteiger partial charge in [-0.3, -0.25) is 20.4 Å². The van der Waals surface area contributed by atoms with Crippen molar-refractivity contribution in [3.63, 3.8) is 0 Å². The Morgan fingerprint density at radius 2 is 1.74 bits per heavy atom. The molecule has 0 unspecified atom stereocenters. The molecule has 0 bridgehead atoms. The second-order valence-corrected chi connectivity index (χ2v) is 4.47. The van der Waals surface area contributed by atoms with Crippen molar-refractivity contribution in [2.75, 3.05) is 13.1 Å². The molecule has 1 aliphatic heterocycles. The first-order valence-electron chi connectivity index (χ1n) is 6.23. The number of hydrogen-bond donors (Lipinski definition) is 3. The third-order valence-corrected chi connectivity index (χ3v) is 3.12. The molecule has 0 aliphatic carbocycles. The summed E-state index contributed by atoms with van der Waals surface area (Å²) < 4.78 is 12.7. The smallest absolute Gasteiger partial charge is 0.269 e. The summed E-state index contributed by atoms with van der Waals surface area (Å²) in [5, 5.41) is 3.16. The number of piperidine rings is 1. The predicted molar refractivity (Wildman–Crippen MR) is 67.6 cm³/mol. The van der Waals surface area contributed by atoms with E-state index < -0.39 is 11.7 Å². The Hall–Kier alpha value is -1.95. The number of carbonyl (C=O) groups is 2. The van der Waals surface area contributed by atoms with Gasteiger partial charge in [-0.15, -0.1) is 0 Å². The molecule has 0 saturated carbocycles. The van der Waals surface area contributed by atoms with E-state index in [-0.39, 0.29) is 11.8 Å². The molecule has 102 valence electrons. The Bertz CT molecular complexity index is 455. The van der Waals surface area contributed by atoms with Crippen molar-refractivity contribution in [1.29, 1.82) is 0 Å². The van der Waals surface area contributed by atoms with E-state index in [2.05, 4.69) is 16.2 Å². The third kappa shape index (κ3) is 3.75. The molecule has 3 N–H and O–H groups in total. The van der Waals surface area contributed by atoms with Gasteiger partial charge in [0.1, 0.15) is 5.82 Å². The molecule has 2 amide bonds. The van der Waals surface area contributed by atoms with Gasteiger partial charge >= 0.3 is 0 Å². The first-order valence-corrected chi connectivity index (χ1v) is 6.23. The average Bonchev–Trinajstić information content (AvgIpc) is 2.46. The summed E-state index contributed by atoms with van der Waals surface area (Å²) in [5.41, 5.74) is 5.04. The molecule has 1 aromatic carbocycles. The minimum absolute atomic E-state index is 0.0743. The highest BCUT2D eigenvalue weighted by molar-refractivity contribution is 5.95. The topological polar surface area (TPSA) is 70.2 Å². The lowest BCUT2D eigenvalue weighted by Gasteiger charge is -2.21. The normalized spacial score (nSPS) is 15.8. The summed E-state index contributed by atoms with van der Waals surface area (Å²) in [6.07, 6.45) is 1.52. The zero-order valence-corrected chi connectivity index (χ0v) is 10.4. The maximum absolute atomic E-state index is 12.7. The Morgan fingerprint density at radius 3 is 2.37 bits per heavy atom. The van der Waals surface area contributed by atoms with Crippen molar-refractivity contribution < 1.29 is 14.0 Å². The van der Waals surface area contributed by atoms with Crippen LogP contribution in [0.2, 0.25) is 0 Å². The lowest BCUT2D eigenvalue weighted by atomic mass is 9.98. The number of carbonyl (C=O) groups excluding carboxylic acids is 2. The van der Waals surface area contributed by atoms with Crippen molar-refractivity contribution >= 4 is 11.8 Å². The summed E-state index contributed by atoms with van der Waals surface area (Å²) >= 11 is 0. The van der Waals surface area contributed by atoms with E-state index in [0.29, 0.717) is 5.56 Å². The van der Waals surface area contributed by atoms with Gasteiger partial charge in [0.2, 0.25) is 5.91 Å². The van der Waals surface area contributed by atoms with Gasteiger partial charge in [0.15, 0.2) is 0 Å². The Morgan fingerprint density at radius 1 is 1.11 bits per heavy atom. The minimum Gasteiger partial charge on any atom is -0.317 e. The maximum atomic E-state index is 12.7. The van der Waals surface area contributed by atoms with Gasteiger partial charge in [-0.05, 0) is 50.2 Å². The van der Waals surface area contributed by atoms with E-state index in [1.807, 2.05) is 0 Å². The first kappa shape index (κ1) is 13.5. The van der Waals surface area contributed by atoms with E-state index >= 15 is 0 Å². The van der Waals surface area contributed by atoms with E-state index in [1.165, 1.54) is 24.3 Å². The van der Waals surface area contributed by atoms with Crippen LogP contribution in [0, 0.1) is 11.7 Å². The van der Waals surface area contributed by atoms with Crippen LogP contribution < -0.4 is 16.2 Å². The van der Waals surface area contributed by atoms with Gasteiger partial charge in [-0.25, -0.2) is 4.39 Å². The largest absolute Gasteiger partial charge is 0.317 e. The van der Waals surface area contributed by atoms with E-state index in [9.17, 15) is 14.0 Å². The average molecular weight is 265 g/mol. The van der Waals surface area contributed by atoms with E-state index in [4.69, 9.17) is 0 Å². The second-order valence-electron chi connectivity index (χ2n) is 4.47. The van der Waals surface area contributed by atoms with Crippen LogP contribution in [-0.4, -0.2) is 24.9 Å². The predicted octanol–water partition coefficient (Wildman–Crippen LogP) is 0.586. The summed E-state index contributed by atoms with van der Waals surface area (Å²) in [6.45, 7) is 1.62. The van der Waals surface area contributed by atoms with Crippen LogP contribution >= 0.6 is 0 Å². The fraction of sp³-hybridized carbons (Fsp3) is 0.385. The Balaban J connectivity index is 1.82. The second kappa shape index (κ2) is 6.29. The molecule has 5 nitrogen and oxygen atoms in total. The molecule has 0 aromatic heterocycles. The number of halogens is 1. The number of hydrazine groups is 1. The van der Waals surface area contributed by atoms with Crippen molar-refractivity contribution in [3.8, 4) is 0 Å². The number of rotatable bonds is 2. The SMILES string of the molecule is O=C(NNC(=O)C1CCNCC1)c1ccc(F)cc1.